The third-order valence-corrected chi connectivity index (χ3v) is 4.35. The zero-order valence-corrected chi connectivity index (χ0v) is 13.7. The summed E-state index contributed by atoms with van der Waals surface area (Å²) in [6, 6.07) is 5.63. The van der Waals surface area contributed by atoms with Crippen LogP contribution in [0.3, 0.4) is 0 Å². The van der Waals surface area contributed by atoms with E-state index in [1.165, 1.54) is 0 Å². The molecular weight excluding hydrogens is 319 g/mol. The van der Waals surface area contributed by atoms with Crippen LogP contribution in [-0.4, -0.2) is 37.0 Å². The molecule has 1 aliphatic heterocycles. The predicted molar refractivity (Wildman–Crippen MR) is 86.1 cm³/mol. The molecule has 0 spiro atoms. The van der Waals surface area contributed by atoms with Gasteiger partial charge in [0, 0.05) is 23.1 Å². The summed E-state index contributed by atoms with van der Waals surface area (Å²) in [5.74, 6) is 0.0712. The second-order valence-corrected chi connectivity index (χ2v) is 5.68. The van der Waals surface area contributed by atoms with E-state index >= 15 is 0 Å². The minimum atomic E-state index is 0. The Bertz CT molecular complexity index is 441. The highest BCUT2D eigenvalue weighted by Gasteiger charge is 2.23. The second kappa shape index (κ2) is 8.08. The first-order valence-electron chi connectivity index (χ1n) is 6.49. The molecule has 0 radical (unpaired) electrons. The van der Waals surface area contributed by atoms with E-state index in [4.69, 9.17) is 23.2 Å². The van der Waals surface area contributed by atoms with Crippen LogP contribution in [0.4, 0.5) is 0 Å². The SMILES string of the molecule is CN(C(=O)Cc1c(Cl)cccc1Cl)C1CCNCC1.Cl. The van der Waals surface area contributed by atoms with E-state index < -0.39 is 0 Å². The summed E-state index contributed by atoms with van der Waals surface area (Å²) >= 11 is 12.2. The fourth-order valence-electron chi connectivity index (χ4n) is 2.37. The Labute approximate surface area is 136 Å². The van der Waals surface area contributed by atoms with Gasteiger partial charge in [0.2, 0.25) is 5.91 Å². The van der Waals surface area contributed by atoms with Crippen LogP contribution in [0.2, 0.25) is 10.0 Å². The summed E-state index contributed by atoms with van der Waals surface area (Å²) in [4.78, 5) is 14.1. The van der Waals surface area contributed by atoms with Crippen molar-refractivity contribution in [3.63, 3.8) is 0 Å². The molecule has 1 aromatic carbocycles. The Morgan fingerprint density at radius 2 is 1.85 bits per heavy atom. The highest BCUT2D eigenvalue weighted by molar-refractivity contribution is 6.36. The molecule has 112 valence electrons. The Morgan fingerprint density at radius 3 is 2.40 bits per heavy atom. The maximum absolute atomic E-state index is 12.3. The second-order valence-electron chi connectivity index (χ2n) is 4.86. The summed E-state index contributed by atoms with van der Waals surface area (Å²) in [6.45, 7) is 1.93. The molecule has 2 rings (SSSR count). The molecule has 1 amide bonds. The number of hydrogen-bond donors (Lipinski definition) is 1. The quantitative estimate of drug-likeness (QED) is 0.919. The molecule has 1 heterocycles. The van der Waals surface area contributed by atoms with Gasteiger partial charge in [-0.2, -0.15) is 0 Å². The van der Waals surface area contributed by atoms with Crippen molar-refractivity contribution in [3.8, 4) is 0 Å². The fourth-order valence-corrected chi connectivity index (χ4v) is 2.91. The largest absolute Gasteiger partial charge is 0.342 e. The van der Waals surface area contributed by atoms with Gasteiger partial charge in [0.15, 0.2) is 0 Å². The maximum atomic E-state index is 12.3. The molecule has 6 heteroatoms. The van der Waals surface area contributed by atoms with E-state index in [0.29, 0.717) is 16.1 Å². The number of nitrogens with zero attached hydrogens (tertiary/aromatic N) is 1. The van der Waals surface area contributed by atoms with Gasteiger partial charge < -0.3 is 10.2 Å². The summed E-state index contributed by atoms with van der Waals surface area (Å²) in [5.41, 5.74) is 0.719. The summed E-state index contributed by atoms with van der Waals surface area (Å²) in [7, 11) is 1.86. The lowest BCUT2D eigenvalue weighted by molar-refractivity contribution is -0.131. The van der Waals surface area contributed by atoms with Crippen LogP contribution in [-0.2, 0) is 11.2 Å². The molecule has 0 aliphatic carbocycles. The number of nitrogens with one attached hydrogen (secondary N) is 1. The van der Waals surface area contributed by atoms with Crippen molar-refractivity contribution in [2.75, 3.05) is 20.1 Å². The topological polar surface area (TPSA) is 32.3 Å². The number of carbonyl (C=O) groups excluding carboxylic acids is 1. The molecule has 20 heavy (non-hydrogen) atoms. The summed E-state index contributed by atoms with van der Waals surface area (Å²) in [5, 5.41) is 4.41. The van der Waals surface area contributed by atoms with Gasteiger partial charge in [0.1, 0.15) is 0 Å². The normalized spacial score (nSPS) is 15.6. The lowest BCUT2D eigenvalue weighted by atomic mass is 10.0. The molecule has 0 aromatic heterocycles. The smallest absolute Gasteiger partial charge is 0.227 e. The van der Waals surface area contributed by atoms with Gasteiger partial charge >= 0.3 is 0 Å². The Balaban J connectivity index is 0.00000200. The molecule has 0 unspecified atom stereocenters. The number of benzene rings is 1. The highest BCUT2D eigenvalue weighted by Crippen LogP contribution is 2.25. The Hall–Kier alpha value is -0.480. The third-order valence-electron chi connectivity index (χ3n) is 3.64. The van der Waals surface area contributed by atoms with E-state index in [-0.39, 0.29) is 24.7 Å². The molecule has 0 saturated carbocycles. The van der Waals surface area contributed by atoms with E-state index in [9.17, 15) is 4.79 Å². The van der Waals surface area contributed by atoms with Crippen molar-refractivity contribution in [2.24, 2.45) is 0 Å². The molecular formula is C14H19Cl3N2O. The lowest BCUT2D eigenvalue weighted by Gasteiger charge is -2.31. The third kappa shape index (κ3) is 4.26. The van der Waals surface area contributed by atoms with E-state index in [1.54, 1.807) is 18.2 Å². The predicted octanol–water partition coefficient (Wildman–Crippen LogP) is 3.17. The van der Waals surface area contributed by atoms with Gasteiger partial charge in [-0.25, -0.2) is 0 Å². The molecule has 0 bridgehead atoms. The first-order valence-corrected chi connectivity index (χ1v) is 7.24. The van der Waals surface area contributed by atoms with Crippen molar-refractivity contribution < 1.29 is 4.79 Å². The van der Waals surface area contributed by atoms with Gasteiger partial charge in [0.05, 0.1) is 6.42 Å². The zero-order valence-electron chi connectivity index (χ0n) is 11.4. The number of rotatable bonds is 3. The van der Waals surface area contributed by atoms with E-state index in [1.807, 2.05) is 11.9 Å². The van der Waals surface area contributed by atoms with Crippen LogP contribution in [0, 0.1) is 0 Å². The average molecular weight is 338 g/mol. The standard InChI is InChI=1S/C14H18Cl2N2O.ClH/c1-18(10-5-7-17-8-6-10)14(19)9-11-12(15)3-2-4-13(11)16;/h2-4,10,17H,5-9H2,1H3;1H. The van der Waals surface area contributed by atoms with Gasteiger partial charge in [-0.1, -0.05) is 29.3 Å². The number of likely N-dealkylation sites (N-methyl/N-ethyl adjacent to an activating group) is 1. The van der Waals surface area contributed by atoms with Crippen LogP contribution in [0.5, 0.6) is 0 Å². The summed E-state index contributed by atoms with van der Waals surface area (Å²) < 4.78 is 0. The van der Waals surface area contributed by atoms with Gasteiger partial charge in [-0.15, -0.1) is 12.4 Å². The van der Waals surface area contributed by atoms with Crippen molar-refractivity contribution >= 4 is 41.5 Å². The molecule has 1 aliphatic rings. The first kappa shape index (κ1) is 17.6. The van der Waals surface area contributed by atoms with Crippen molar-refractivity contribution in [2.45, 2.75) is 25.3 Å². The minimum Gasteiger partial charge on any atom is -0.342 e. The molecule has 1 saturated heterocycles. The van der Waals surface area contributed by atoms with Gasteiger partial charge in [-0.05, 0) is 43.6 Å². The van der Waals surface area contributed by atoms with Crippen LogP contribution < -0.4 is 5.32 Å². The number of piperidine rings is 1. The number of hydrogen-bond acceptors (Lipinski definition) is 2. The molecule has 1 aromatic rings. The van der Waals surface area contributed by atoms with E-state index in [0.717, 1.165) is 31.5 Å². The zero-order chi connectivity index (χ0) is 13.8. The Kier molecular flexibility index (Phi) is 7.10. The summed E-state index contributed by atoms with van der Waals surface area (Å²) in [6.07, 6.45) is 2.26. The van der Waals surface area contributed by atoms with Crippen LogP contribution in [0.25, 0.3) is 0 Å². The molecule has 0 atom stereocenters. The monoisotopic (exact) mass is 336 g/mol. The Morgan fingerprint density at radius 1 is 1.30 bits per heavy atom. The van der Waals surface area contributed by atoms with Gasteiger partial charge in [-0.3, -0.25) is 4.79 Å². The minimum absolute atomic E-state index is 0. The fraction of sp³-hybridized carbons (Fsp3) is 0.500. The highest BCUT2D eigenvalue weighted by atomic mass is 35.5. The van der Waals surface area contributed by atoms with Crippen molar-refractivity contribution in [1.29, 1.82) is 0 Å². The van der Waals surface area contributed by atoms with Crippen LogP contribution in [0.1, 0.15) is 18.4 Å². The lowest BCUT2D eigenvalue weighted by Crippen LogP contribution is -2.44. The van der Waals surface area contributed by atoms with Crippen LogP contribution >= 0.6 is 35.6 Å². The van der Waals surface area contributed by atoms with Crippen LogP contribution in [0.15, 0.2) is 18.2 Å². The molecule has 1 N–H and O–H groups in total. The van der Waals surface area contributed by atoms with E-state index in [2.05, 4.69) is 5.32 Å². The number of amides is 1. The molecule has 1 fully saturated rings. The number of carbonyl (C=O) groups is 1. The van der Waals surface area contributed by atoms with Gasteiger partial charge in [0.25, 0.3) is 0 Å². The molecule has 3 nitrogen and oxygen atoms in total. The number of halogens is 3. The van der Waals surface area contributed by atoms with Crippen molar-refractivity contribution in [3.05, 3.63) is 33.8 Å². The maximum Gasteiger partial charge on any atom is 0.227 e. The average Bonchev–Trinajstić information content (AvgIpc) is 2.43. The van der Waals surface area contributed by atoms with Crippen molar-refractivity contribution in [1.82, 2.24) is 10.2 Å². The first-order chi connectivity index (χ1) is 9.09.